The Labute approximate surface area is 148 Å². The summed E-state index contributed by atoms with van der Waals surface area (Å²) in [5, 5.41) is 0. The Bertz CT molecular complexity index is 702. The van der Waals surface area contributed by atoms with E-state index in [1.807, 2.05) is 11.4 Å². The Hall–Kier alpha value is -1.51. The highest BCUT2D eigenvalue weighted by Gasteiger charge is 2.24. The molecule has 1 aromatic heterocycles. The quantitative estimate of drug-likeness (QED) is 0.404. The van der Waals surface area contributed by atoms with E-state index in [0.29, 0.717) is 0 Å². The molecule has 0 spiro atoms. The van der Waals surface area contributed by atoms with Crippen molar-refractivity contribution in [3.63, 3.8) is 0 Å². The van der Waals surface area contributed by atoms with Gasteiger partial charge in [-0.25, -0.2) is 0 Å². The Morgan fingerprint density at radius 3 is 2.00 bits per heavy atom. The van der Waals surface area contributed by atoms with Crippen molar-refractivity contribution in [2.75, 3.05) is 0 Å². The number of nitrogens with zero attached hydrogens (tertiary/aromatic N) is 1. The van der Waals surface area contributed by atoms with Crippen molar-refractivity contribution in [2.45, 2.75) is 75.1 Å². The van der Waals surface area contributed by atoms with Gasteiger partial charge in [-0.2, -0.15) is 0 Å². The number of rotatable bonds is 6. The molecule has 0 aliphatic carbocycles. The lowest BCUT2D eigenvalue weighted by molar-refractivity contribution is 0.786. The maximum atomic E-state index is 14.4. The van der Waals surface area contributed by atoms with Gasteiger partial charge in [0.25, 0.3) is 0 Å². The fraction of sp³-hybridized carbons (Fsp3) is 0.524. The number of hydrogen-bond donors (Lipinski definition) is 0. The van der Waals surface area contributed by atoms with E-state index in [-0.39, 0.29) is 0 Å². The van der Waals surface area contributed by atoms with Gasteiger partial charge in [0.05, 0.1) is 0 Å². The minimum atomic E-state index is -1.03. The average Bonchev–Trinajstić information content (AvgIpc) is 2.76. The molecular weight excluding hydrogens is 296 g/mol. The molecular formula is C21H33BFN. The molecule has 132 valence electrons. The van der Waals surface area contributed by atoms with Crippen molar-refractivity contribution in [1.29, 1.82) is 0 Å². The smallest absolute Gasteiger partial charge is 0.360 e. The molecule has 0 aliphatic heterocycles. The van der Waals surface area contributed by atoms with Gasteiger partial charge >= 0.3 is 7.12 Å². The van der Waals surface area contributed by atoms with E-state index in [4.69, 9.17) is 0 Å². The van der Waals surface area contributed by atoms with Crippen molar-refractivity contribution in [3.05, 3.63) is 51.4 Å². The van der Waals surface area contributed by atoms with Gasteiger partial charge in [0.15, 0.2) is 0 Å². The molecule has 0 atom stereocenters. The summed E-state index contributed by atoms with van der Waals surface area (Å²) in [5.41, 5.74) is 10.6. The molecule has 0 amide bonds. The zero-order valence-electron chi connectivity index (χ0n) is 17.0. The third-order valence-electron chi connectivity index (χ3n) is 5.36. The predicted octanol–water partition coefficient (Wildman–Crippen LogP) is 6.70. The van der Waals surface area contributed by atoms with E-state index < -0.39 is 7.12 Å². The molecule has 0 unspecified atom stereocenters. The largest absolute Gasteiger partial charge is 0.462 e. The highest BCUT2D eigenvalue weighted by Crippen LogP contribution is 2.34. The highest BCUT2D eigenvalue weighted by atomic mass is 19.1. The summed E-state index contributed by atoms with van der Waals surface area (Å²) in [6, 6.07) is 0. The Morgan fingerprint density at radius 2 is 1.62 bits per heavy atom. The van der Waals surface area contributed by atoms with Crippen LogP contribution in [0.4, 0.5) is 4.32 Å². The minimum Gasteiger partial charge on any atom is -0.360 e. The third kappa shape index (κ3) is 3.60. The highest BCUT2D eigenvalue weighted by molar-refractivity contribution is 6.48. The molecule has 0 N–H and O–H groups in total. The van der Waals surface area contributed by atoms with E-state index >= 15 is 0 Å². The van der Waals surface area contributed by atoms with Crippen LogP contribution in [0.1, 0.15) is 70.5 Å². The molecule has 0 bridgehead atoms. The maximum Gasteiger partial charge on any atom is 0.462 e. The number of allylic oxidation sites excluding steroid dienone is 5. The zero-order chi connectivity index (χ0) is 18.8. The summed E-state index contributed by atoms with van der Waals surface area (Å²) in [4.78, 5) is 0. The van der Waals surface area contributed by atoms with Crippen LogP contribution < -0.4 is 0 Å². The molecule has 0 aliphatic rings. The molecule has 1 aromatic rings. The van der Waals surface area contributed by atoms with Gasteiger partial charge < -0.3 is 8.79 Å². The van der Waals surface area contributed by atoms with Gasteiger partial charge in [0.1, 0.15) is 0 Å². The Balaban J connectivity index is 3.75. The Kier molecular flexibility index (Phi) is 6.89. The van der Waals surface area contributed by atoms with E-state index in [0.717, 1.165) is 35.4 Å². The summed E-state index contributed by atoms with van der Waals surface area (Å²) in [7, 11) is -1.03. The molecule has 3 heteroatoms. The van der Waals surface area contributed by atoms with Crippen molar-refractivity contribution < 1.29 is 4.32 Å². The van der Waals surface area contributed by atoms with Crippen LogP contribution in [0.25, 0.3) is 5.57 Å². The first-order valence-electron chi connectivity index (χ1n) is 8.98. The van der Waals surface area contributed by atoms with Gasteiger partial charge in [-0.15, -0.1) is 0 Å². The summed E-state index contributed by atoms with van der Waals surface area (Å²) in [6.45, 7) is 22.6. The van der Waals surface area contributed by atoms with E-state index in [9.17, 15) is 4.32 Å². The molecule has 1 rings (SSSR count). The summed E-state index contributed by atoms with van der Waals surface area (Å²) in [6.07, 6.45) is 1.89. The van der Waals surface area contributed by atoms with Crippen LogP contribution in [0.15, 0.2) is 28.9 Å². The molecule has 0 fully saturated rings. The second-order valence-corrected chi connectivity index (χ2v) is 6.82. The molecule has 0 aromatic carbocycles. The second kappa shape index (κ2) is 8.05. The van der Waals surface area contributed by atoms with Crippen LogP contribution in [-0.2, 0) is 6.42 Å². The SMILES string of the molecule is C=C(C)C(CC)=C(C)C(C)=C(C)c1c(C)c(CC)c(C)n1B(C)F. The van der Waals surface area contributed by atoms with Crippen LogP contribution in [0.5, 0.6) is 0 Å². The van der Waals surface area contributed by atoms with Crippen molar-refractivity contribution >= 4 is 12.7 Å². The van der Waals surface area contributed by atoms with Crippen LogP contribution in [0, 0.1) is 13.8 Å². The summed E-state index contributed by atoms with van der Waals surface area (Å²) in [5.74, 6) is 0. The fourth-order valence-corrected chi connectivity index (χ4v) is 3.91. The Morgan fingerprint density at radius 1 is 1.08 bits per heavy atom. The van der Waals surface area contributed by atoms with E-state index in [1.165, 1.54) is 27.8 Å². The first-order valence-corrected chi connectivity index (χ1v) is 8.98. The van der Waals surface area contributed by atoms with Gasteiger partial charge in [-0.1, -0.05) is 26.0 Å². The van der Waals surface area contributed by atoms with E-state index in [1.54, 1.807) is 6.82 Å². The first-order chi connectivity index (χ1) is 11.1. The topological polar surface area (TPSA) is 4.93 Å². The van der Waals surface area contributed by atoms with Crippen LogP contribution in [-0.4, -0.2) is 11.6 Å². The molecule has 24 heavy (non-hydrogen) atoms. The standard InChI is InChI=1S/C21H33BFN/c1-11-19(13(3)4)15(6)14(5)16(7)21-17(8)20(12-2)18(9)24(21)22(10)23/h3,11-12H2,1-2,4-10H3. The van der Waals surface area contributed by atoms with Crippen molar-refractivity contribution in [3.8, 4) is 0 Å². The van der Waals surface area contributed by atoms with Crippen molar-refractivity contribution in [2.24, 2.45) is 0 Å². The third-order valence-corrected chi connectivity index (χ3v) is 5.36. The van der Waals surface area contributed by atoms with Crippen LogP contribution in [0.2, 0.25) is 6.82 Å². The van der Waals surface area contributed by atoms with Crippen LogP contribution in [0.3, 0.4) is 0 Å². The van der Waals surface area contributed by atoms with Gasteiger partial charge in [-0.05, 0) is 94.6 Å². The number of halogens is 1. The van der Waals surface area contributed by atoms with Gasteiger partial charge in [0.2, 0.25) is 0 Å². The minimum absolute atomic E-state index is 0.928. The normalized spacial score (nSPS) is 13.6. The first kappa shape index (κ1) is 20.5. The van der Waals surface area contributed by atoms with Crippen LogP contribution >= 0.6 is 0 Å². The second-order valence-electron chi connectivity index (χ2n) is 6.82. The van der Waals surface area contributed by atoms with Crippen molar-refractivity contribution in [1.82, 2.24) is 4.48 Å². The summed E-state index contributed by atoms with van der Waals surface area (Å²) < 4.78 is 16.2. The van der Waals surface area contributed by atoms with Gasteiger partial charge in [-0.3, -0.25) is 0 Å². The molecule has 0 saturated carbocycles. The summed E-state index contributed by atoms with van der Waals surface area (Å²) >= 11 is 0. The average molecular weight is 329 g/mol. The number of hydrogen-bond acceptors (Lipinski definition) is 0. The maximum absolute atomic E-state index is 14.4. The lowest BCUT2D eigenvalue weighted by Gasteiger charge is -2.18. The number of aromatic nitrogens is 1. The van der Waals surface area contributed by atoms with Gasteiger partial charge in [0, 0.05) is 11.4 Å². The molecule has 0 radical (unpaired) electrons. The lowest BCUT2D eigenvalue weighted by atomic mass is 9.88. The molecule has 1 heterocycles. The zero-order valence-corrected chi connectivity index (χ0v) is 17.0. The molecule has 0 saturated heterocycles. The monoisotopic (exact) mass is 329 g/mol. The predicted molar refractivity (Wildman–Crippen MR) is 107 cm³/mol. The molecule has 1 nitrogen and oxygen atoms in total. The lowest BCUT2D eigenvalue weighted by Crippen LogP contribution is -2.19. The fourth-order valence-electron chi connectivity index (χ4n) is 3.91. The van der Waals surface area contributed by atoms with E-state index in [2.05, 4.69) is 55.0 Å².